The second-order valence-electron chi connectivity index (χ2n) is 7.31. The molecular weight excluding hydrogens is 431 g/mol. The van der Waals surface area contributed by atoms with Crippen LogP contribution >= 0.6 is 11.3 Å². The Morgan fingerprint density at radius 3 is 2.84 bits per heavy atom. The average molecular weight is 447 g/mol. The van der Waals surface area contributed by atoms with Crippen LogP contribution in [-0.2, 0) is 6.18 Å². The zero-order valence-electron chi connectivity index (χ0n) is 16.3. The second kappa shape index (κ2) is 7.19. The summed E-state index contributed by atoms with van der Waals surface area (Å²) in [5.74, 6) is 0.199. The van der Waals surface area contributed by atoms with E-state index in [-0.39, 0.29) is 22.9 Å². The van der Waals surface area contributed by atoms with Gasteiger partial charge in [-0.1, -0.05) is 11.2 Å². The number of rotatable bonds is 3. The molecule has 0 bridgehead atoms. The lowest BCUT2D eigenvalue weighted by atomic mass is 10.1. The highest BCUT2D eigenvalue weighted by Crippen LogP contribution is 2.36. The van der Waals surface area contributed by atoms with Crippen molar-refractivity contribution in [2.45, 2.75) is 32.0 Å². The van der Waals surface area contributed by atoms with Crippen molar-refractivity contribution < 1.29 is 22.5 Å². The summed E-state index contributed by atoms with van der Waals surface area (Å²) in [7, 11) is 0. The molecule has 5 heterocycles. The molecule has 0 saturated carbocycles. The maximum Gasteiger partial charge on any atom is 0.433 e. The van der Waals surface area contributed by atoms with Crippen LogP contribution in [0, 0.1) is 6.92 Å². The number of hydrogen-bond donors (Lipinski definition) is 0. The molecule has 1 atom stereocenters. The molecule has 4 aromatic heterocycles. The fourth-order valence-electron chi connectivity index (χ4n) is 3.88. The fourth-order valence-corrected chi connectivity index (χ4v) is 4.57. The zero-order chi connectivity index (χ0) is 21.8. The van der Waals surface area contributed by atoms with Gasteiger partial charge in [0, 0.05) is 12.6 Å². The molecule has 4 aromatic rings. The predicted molar refractivity (Wildman–Crippen MR) is 106 cm³/mol. The van der Waals surface area contributed by atoms with E-state index in [2.05, 4.69) is 15.2 Å². The average Bonchev–Trinajstić information content (AvgIpc) is 3.51. The number of alkyl halides is 3. The Morgan fingerprint density at radius 1 is 1.32 bits per heavy atom. The molecule has 0 aromatic carbocycles. The highest BCUT2D eigenvalue weighted by molar-refractivity contribution is 7.13. The number of hydrogen-bond acceptors (Lipinski definition) is 6. The van der Waals surface area contributed by atoms with Crippen LogP contribution in [0.1, 0.15) is 46.4 Å². The van der Waals surface area contributed by atoms with Crippen molar-refractivity contribution in [1.82, 2.24) is 24.7 Å². The van der Waals surface area contributed by atoms with Crippen molar-refractivity contribution in [3.63, 3.8) is 0 Å². The number of nitrogens with zero attached hydrogens (tertiary/aromatic N) is 5. The Kier molecular flexibility index (Phi) is 4.58. The van der Waals surface area contributed by atoms with Crippen LogP contribution in [0.2, 0.25) is 0 Å². The number of thiophene rings is 1. The number of aromatic nitrogens is 4. The van der Waals surface area contributed by atoms with Gasteiger partial charge in [-0.3, -0.25) is 4.79 Å². The summed E-state index contributed by atoms with van der Waals surface area (Å²) in [4.78, 5) is 19.9. The Labute approximate surface area is 178 Å². The molecule has 0 spiro atoms. The minimum Gasteiger partial charge on any atom is -0.361 e. The minimum atomic E-state index is -4.66. The maximum atomic E-state index is 13.7. The van der Waals surface area contributed by atoms with Crippen LogP contribution in [0.4, 0.5) is 13.2 Å². The molecular formula is C20H16F3N5O2S. The first-order chi connectivity index (χ1) is 14.8. The minimum absolute atomic E-state index is 0.0241. The molecule has 1 fully saturated rings. The normalized spacial score (nSPS) is 17.0. The smallest absolute Gasteiger partial charge is 0.361 e. The van der Waals surface area contributed by atoms with Crippen molar-refractivity contribution in [3.8, 4) is 10.6 Å². The topological polar surface area (TPSA) is 76.5 Å². The highest BCUT2D eigenvalue weighted by Gasteiger charge is 2.38. The standard InChI is InChI=1S/C20H16F3N5O2S/c1-11-8-13(26-30-11)15-4-2-6-27(15)19(29)12-10-24-28-17(20(21,22)23)9-14(25-18(12)28)16-5-3-7-31-16/h3,5,7-10,15H,2,4,6H2,1H3/t15-/m1/s1. The fraction of sp³-hybridized carbons (Fsp3) is 0.300. The summed E-state index contributed by atoms with van der Waals surface area (Å²) >= 11 is 1.27. The van der Waals surface area contributed by atoms with Crippen LogP contribution < -0.4 is 0 Å². The third-order valence-corrected chi connectivity index (χ3v) is 6.16. The molecule has 0 N–H and O–H groups in total. The molecule has 11 heteroatoms. The summed E-state index contributed by atoms with van der Waals surface area (Å²) in [6, 6.07) is 5.84. The Hall–Kier alpha value is -3.21. The highest BCUT2D eigenvalue weighted by atomic mass is 32.1. The van der Waals surface area contributed by atoms with Gasteiger partial charge in [-0.15, -0.1) is 11.3 Å². The van der Waals surface area contributed by atoms with E-state index in [0.29, 0.717) is 33.8 Å². The van der Waals surface area contributed by atoms with Crippen LogP contribution in [0.5, 0.6) is 0 Å². The lowest BCUT2D eigenvalue weighted by Gasteiger charge is -2.22. The van der Waals surface area contributed by atoms with Crippen molar-refractivity contribution >= 4 is 22.9 Å². The lowest BCUT2D eigenvalue weighted by Crippen LogP contribution is -2.30. The second-order valence-corrected chi connectivity index (χ2v) is 8.26. The number of aryl methyl sites for hydroxylation is 1. The number of amides is 1. The number of fused-ring (bicyclic) bond motifs is 1. The van der Waals surface area contributed by atoms with Gasteiger partial charge in [0.05, 0.1) is 22.8 Å². The number of carbonyl (C=O) groups excluding carboxylic acids is 1. The Morgan fingerprint density at radius 2 is 2.16 bits per heavy atom. The van der Waals surface area contributed by atoms with Crippen LogP contribution in [0.15, 0.2) is 40.4 Å². The summed E-state index contributed by atoms with van der Waals surface area (Å²) in [6.07, 6.45) is -2.06. The first-order valence-corrected chi connectivity index (χ1v) is 10.4. The van der Waals surface area contributed by atoms with Gasteiger partial charge in [0.1, 0.15) is 17.0 Å². The van der Waals surface area contributed by atoms with Gasteiger partial charge in [0.15, 0.2) is 11.3 Å². The van der Waals surface area contributed by atoms with Gasteiger partial charge < -0.3 is 9.42 Å². The van der Waals surface area contributed by atoms with Crippen molar-refractivity contribution in [2.75, 3.05) is 6.54 Å². The van der Waals surface area contributed by atoms with Crippen molar-refractivity contribution in [1.29, 1.82) is 0 Å². The SMILES string of the molecule is Cc1cc([C@H]2CCCN2C(=O)c2cnn3c(C(F)(F)F)cc(-c4cccs4)nc23)no1. The summed E-state index contributed by atoms with van der Waals surface area (Å²) in [5.41, 5.74) is -0.302. The van der Waals surface area contributed by atoms with Gasteiger partial charge in [-0.05, 0) is 37.3 Å². The van der Waals surface area contributed by atoms with Crippen LogP contribution in [-0.4, -0.2) is 37.1 Å². The van der Waals surface area contributed by atoms with Gasteiger partial charge in [-0.2, -0.15) is 18.3 Å². The van der Waals surface area contributed by atoms with Gasteiger partial charge >= 0.3 is 6.18 Å². The van der Waals surface area contributed by atoms with Gasteiger partial charge in [-0.25, -0.2) is 9.50 Å². The van der Waals surface area contributed by atoms with E-state index in [1.165, 1.54) is 11.3 Å². The van der Waals surface area contributed by atoms with E-state index in [1.54, 1.807) is 35.4 Å². The van der Waals surface area contributed by atoms with E-state index >= 15 is 0 Å². The summed E-state index contributed by atoms with van der Waals surface area (Å²) in [5, 5.41) is 9.63. The summed E-state index contributed by atoms with van der Waals surface area (Å²) in [6.45, 7) is 2.22. The van der Waals surface area contributed by atoms with E-state index in [9.17, 15) is 18.0 Å². The lowest BCUT2D eigenvalue weighted by molar-refractivity contribution is -0.142. The van der Waals surface area contributed by atoms with Gasteiger partial charge in [0.25, 0.3) is 5.91 Å². The van der Waals surface area contributed by atoms with E-state index in [1.807, 2.05) is 0 Å². The molecule has 7 nitrogen and oxygen atoms in total. The molecule has 160 valence electrons. The first kappa shape index (κ1) is 19.7. The molecule has 1 aliphatic heterocycles. The van der Waals surface area contributed by atoms with Crippen molar-refractivity contribution in [2.24, 2.45) is 0 Å². The Balaban J connectivity index is 1.61. The van der Waals surface area contributed by atoms with E-state index in [4.69, 9.17) is 4.52 Å². The number of carbonyl (C=O) groups is 1. The zero-order valence-corrected chi connectivity index (χ0v) is 17.1. The molecule has 1 amide bonds. The molecule has 31 heavy (non-hydrogen) atoms. The van der Waals surface area contributed by atoms with Gasteiger partial charge in [0.2, 0.25) is 0 Å². The number of likely N-dealkylation sites (tertiary alicyclic amines) is 1. The molecule has 0 radical (unpaired) electrons. The Bertz CT molecular complexity index is 1260. The monoisotopic (exact) mass is 447 g/mol. The van der Waals surface area contributed by atoms with E-state index < -0.39 is 17.8 Å². The molecule has 1 saturated heterocycles. The van der Waals surface area contributed by atoms with Crippen molar-refractivity contribution in [3.05, 3.63) is 58.6 Å². The predicted octanol–water partition coefficient (Wildman–Crippen LogP) is 4.75. The molecule has 0 aliphatic carbocycles. The van der Waals surface area contributed by atoms with Crippen LogP contribution in [0.25, 0.3) is 16.2 Å². The van der Waals surface area contributed by atoms with E-state index in [0.717, 1.165) is 18.7 Å². The largest absolute Gasteiger partial charge is 0.433 e. The quantitative estimate of drug-likeness (QED) is 0.453. The third-order valence-electron chi connectivity index (χ3n) is 5.27. The first-order valence-electron chi connectivity index (χ1n) is 9.57. The molecule has 0 unspecified atom stereocenters. The summed E-state index contributed by atoms with van der Waals surface area (Å²) < 4.78 is 47.0. The number of halogens is 3. The maximum absolute atomic E-state index is 13.7. The molecule has 5 rings (SSSR count). The third kappa shape index (κ3) is 3.38. The van der Waals surface area contributed by atoms with Crippen LogP contribution in [0.3, 0.4) is 0 Å². The molecule has 1 aliphatic rings.